The van der Waals surface area contributed by atoms with E-state index in [0.717, 1.165) is 13.8 Å². The number of esters is 2. The van der Waals surface area contributed by atoms with E-state index < -0.39 is 33.3 Å². The third kappa shape index (κ3) is 7.45. The number of hydrogen-bond acceptors (Lipinski definition) is 8. The molecule has 1 aromatic rings. The first-order valence-corrected chi connectivity index (χ1v) is 7.28. The molecule has 8 nitrogen and oxygen atoms in total. The quantitative estimate of drug-likeness (QED) is 0.409. The Kier molecular flexibility index (Phi) is 6.87. The molecule has 0 fully saturated rings. The van der Waals surface area contributed by atoms with Gasteiger partial charge in [-0.1, -0.05) is 18.2 Å². The molecule has 0 aliphatic carbocycles. The van der Waals surface area contributed by atoms with Gasteiger partial charge >= 0.3 is 19.8 Å². The first-order chi connectivity index (χ1) is 9.91. The number of carbonyl (C=O) groups excluding carboxylic acids is 2. The molecule has 0 bridgehead atoms. The summed E-state index contributed by atoms with van der Waals surface area (Å²) in [5, 5.41) is 0. The number of benzene rings is 1. The highest BCUT2D eigenvalue weighted by Gasteiger charge is 2.30. The number of para-hydroxylation sites is 1. The van der Waals surface area contributed by atoms with Crippen LogP contribution in [0.15, 0.2) is 30.3 Å². The molecule has 0 atom stereocenters. The van der Waals surface area contributed by atoms with Gasteiger partial charge < -0.3 is 14.0 Å². The lowest BCUT2D eigenvalue weighted by Crippen LogP contribution is -2.11. The fourth-order valence-corrected chi connectivity index (χ4v) is 1.97. The van der Waals surface area contributed by atoms with Crippen molar-refractivity contribution in [1.29, 1.82) is 0 Å². The Balaban J connectivity index is 2.65. The predicted molar refractivity (Wildman–Crippen MR) is 70.1 cm³/mol. The summed E-state index contributed by atoms with van der Waals surface area (Å²) in [7, 11) is -4.11. The van der Waals surface area contributed by atoms with Crippen LogP contribution in [0.2, 0.25) is 0 Å². The average molecular weight is 318 g/mol. The highest BCUT2D eigenvalue weighted by atomic mass is 31.2. The van der Waals surface area contributed by atoms with Crippen molar-refractivity contribution in [1.82, 2.24) is 0 Å². The number of phosphoric acid groups is 1. The van der Waals surface area contributed by atoms with Gasteiger partial charge in [-0.15, -0.1) is 0 Å². The van der Waals surface area contributed by atoms with Crippen LogP contribution >= 0.6 is 7.82 Å². The fourth-order valence-electron chi connectivity index (χ4n) is 1.05. The molecule has 21 heavy (non-hydrogen) atoms. The fraction of sp³-hybridized carbons (Fsp3) is 0.333. The predicted octanol–water partition coefficient (Wildman–Crippen LogP) is 2.25. The van der Waals surface area contributed by atoms with Crippen molar-refractivity contribution in [3.8, 4) is 5.75 Å². The van der Waals surface area contributed by atoms with Crippen molar-refractivity contribution in [2.24, 2.45) is 0 Å². The van der Waals surface area contributed by atoms with E-state index in [1.807, 2.05) is 0 Å². The number of phosphoric ester groups is 1. The molecule has 0 aliphatic rings. The molecule has 0 N–H and O–H groups in total. The zero-order chi connectivity index (χ0) is 15.7. The van der Waals surface area contributed by atoms with Crippen molar-refractivity contribution >= 4 is 19.8 Å². The van der Waals surface area contributed by atoms with E-state index in [4.69, 9.17) is 13.6 Å². The van der Waals surface area contributed by atoms with Gasteiger partial charge in [0.1, 0.15) is 5.75 Å². The van der Waals surface area contributed by atoms with Crippen LogP contribution in [0.3, 0.4) is 0 Å². The van der Waals surface area contributed by atoms with Gasteiger partial charge in [-0.3, -0.25) is 9.59 Å². The molecule has 0 unspecified atom stereocenters. The van der Waals surface area contributed by atoms with Gasteiger partial charge in [0.15, 0.2) is 0 Å². The van der Waals surface area contributed by atoms with E-state index in [-0.39, 0.29) is 5.75 Å². The number of rotatable bonds is 8. The summed E-state index contributed by atoms with van der Waals surface area (Å²) < 4.78 is 36.0. The van der Waals surface area contributed by atoms with Crippen LogP contribution in [0.1, 0.15) is 13.8 Å². The monoisotopic (exact) mass is 318 g/mol. The Morgan fingerprint density at radius 2 is 1.43 bits per heavy atom. The Labute approximate surface area is 121 Å². The van der Waals surface area contributed by atoms with Gasteiger partial charge in [0.2, 0.25) is 13.6 Å². The van der Waals surface area contributed by atoms with Crippen LogP contribution in [0.4, 0.5) is 0 Å². The summed E-state index contributed by atoms with van der Waals surface area (Å²) in [6.45, 7) is 1.07. The minimum absolute atomic E-state index is 0.214. The first-order valence-electron chi connectivity index (χ1n) is 5.82. The second kappa shape index (κ2) is 8.41. The first kappa shape index (κ1) is 17.2. The highest BCUT2D eigenvalue weighted by Crippen LogP contribution is 2.49. The second-order valence-corrected chi connectivity index (χ2v) is 5.21. The van der Waals surface area contributed by atoms with Crippen molar-refractivity contribution < 1.29 is 37.2 Å². The van der Waals surface area contributed by atoms with E-state index in [9.17, 15) is 14.2 Å². The molecular weight excluding hydrogens is 303 g/mol. The van der Waals surface area contributed by atoms with Crippen molar-refractivity contribution in [2.75, 3.05) is 13.6 Å². The largest absolute Gasteiger partial charge is 0.535 e. The van der Waals surface area contributed by atoms with Crippen LogP contribution in [-0.4, -0.2) is 25.5 Å². The van der Waals surface area contributed by atoms with Crippen LogP contribution < -0.4 is 4.52 Å². The van der Waals surface area contributed by atoms with Crippen molar-refractivity contribution in [3.05, 3.63) is 30.3 Å². The summed E-state index contributed by atoms with van der Waals surface area (Å²) in [5.41, 5.74) is 0. The summed E-state index contributed by atoms with van der Waals surface area (Å²) in [6.07, 6.45) is 0. The van der Waals surface area contributed by atoms with E-state index in [1.54, 1.807) is 18.2 Å². The summed E-state index contributed by atoms with van der Waals surface area (Å²) in [4.78, 5) is 21.3. The smallest absolute Gasteiger partial charge is 0.438 e. The lowest BCUT2D eigenvalue weighted by molar-refractivity contribution is -0.150. The van der Waals surface area contributed by atoms with Gasteiger partial charge in [0.25, 0.3) is 0 Å². The number of hydrogen-bond donors (Lipinski definition) is 0. The third-order valence-electron chi connectivity index (χ3n) is 1.91. The summed E-state index contributed by atoms with van der Waals surface area (Å²) in [5.74, 6) is -1.03. The van der Waals surface area contributed by atoms with Crippen LogP contribution in [0.5, 0.6) is 5.75 Å². The van der Waals surface area contributed by atoms with Gasteiger partial charge in [-0.25, -0.2) is 13.6 Å². The lowest BCUT2D eigenvalue weighted by atomic mass is 10.3. The SMILES string of the molecule is CC(=O)OCOP(=O)(OCOC(C)=O)Oc1ccccc1. The zero-order valence-electron chi connectivity index (χ0n) is 11.5. The van der Waals surface area contributed by atoms with Gasteiger partial charge in [0.05, 0.1) is 0 Å². The Bertz CT molecular complexity index is 491. The zero-order valence-corrected chi connectivity index (χ0v) is 12.4. The lowest BCUT2D eigenvalue weighted by Gasteiger charge is -2.17. The van der Waals surface area contributed by atoms with Crippen LogP contribution in [-0.2, 0) is 32.7 Å². The third-order valence-corrected chi connectivity index (χ3v) is 3.18. The summed E-state index contributed by atoms with van der Waals surface area (Å²) in [6, 6.07) is 8.08. The second-order valence-electron chi connectivity index (χ2n) is 3.62. The molecule has 1 aromatic carbocycles. The molecule has 0 saturated heterocycles. The maximum Gasteiger partial charge on any atom is 0.535 e. The van der Waals surface area contributed by atoms with Gasteiger partial charge in [-0.05, 0) is 12.1 Å². The topological polar surface area (TPSA) is 97.4 Å². The number of ether oxygens (including phenoxy) is 2. The van der Waals surface area contributed by atoms with Crippen molar-refractivity contribution in [2.45, 2.75) is 13.8 Å². The maximum atomic E-state index is 12.3. The molecule has 1 rings (SSSR count). The molecule has 0 aromatic heterocycles. The molecule has 0 saturated carbocycles. The molecule has 0 spiro atoms. The van der Waals surface area contributed by atoms with E-state index in [1.165, 1.54) is 12.1 Å². The average Bonchev–Trinajstić information content (AvgIpc) is 2.38. The molecule has 0 aliphatic heterocycles. The highest BCUT2D eigenvalue weighted by molar-refractivity contribution is 7.48. The molecule has 0 heterocycles. The standard InChI is InChI=1S/C12H15O8P/c1-10(13)16-8-18-21(15,19-9-17-11(2)14)20-12-6-4-3-5-7-12/h3-7H,8-9H2,1-2H3. The summed E-state index contributed by atoms with van der Waals surface area (Å²) >= 11 is 0. The normalized spacial score (nSPS) is 10.8. The minimum Gasteiger partial charge on any atom is -0.438 e. The Morgan fingerprint density at radius 1 is 0.952 bits per heavy atom. The van der Waals surface area contributed by atoms with Gasteiger partial charge in [0, 0.05) is 13.8 Å². The van der Waals surface area contributed by atoms with Crippen molar-refractivity contribution in [3.63, 3.8) is 0 Å². The van der Waals surface area contributed by atoms with Gasteiger partial charge in [-0.2, -0.15) is 0 Å². The molecule has 0 amide bonds. The minimum atomic E-state index is -4.11. The number of carbonyl (C=O) groups is 2. The van der Waals surface area contributed by atoms with Crippen LogP contribution in [0.25, 0.3) is 0 Å². The molecule has 116 valence electrons. The molecule has 0 radical (unpaired) electrons. The van der Waals surface area contributed by atoms with E-state index in [2.05, 4.69) is 9.47 Å². The Morgan fingerprint density at radius 3 is 1.86 bits per heavy atom. The van der Waals surface area contributed by atoms with E-state index >= 15 is 0 Å². The molecular formula is C12H15O8P. The Hall–Kier alpha value is -1.89. The van der Waals surface area contributed by atoms with E-state index in [0.29, 0.717) is 0 Å². The molecule has 9 heteroatoms. The maximum absolute atomic E-state index is 12.3. The van der Waals surface area contributed by atoms with Crippen LogP contribution in [0, 0.1) is 0 Å².